The highest BCUT2D eigenvalue weighted by atomic mass is 79.9. The van der Waals surface area contributed by atoms with Crippen LogP contribution in [0.25, 0.3) is 0 Å². The molecule has 2 aromatic carbocycles. The lowest BCUT2D eigenvalue weighted by Crippen LogP contribution is -2.20. The number of nitrogens with one attached hydrogen (secondary N) is 1. The monoisotopic (exact) mass is 369 g/mol. The molecular formula is C17H18BrClFN. The van der Waals surface area contributed by atoms with Crippen LogP contribution in [0.4, 0.5) is 4.39 Å². The third-order valence-corrected chi connectivity index (χ3v) is 5.28. The quantitative estimate of drug-likeness (QED) is 0.764. The fourth-order valence-corrected chi connectivity index (χ4v) is 2.97. The summed E-state index contributed by atoms with van der Waals surface area (Å²) in [7, 11) is 1.88. The Balaban J connectivity index is 2.37. The molecule has 21 heavy (non-hydrogen) atoms. The maximum Gasteiger partial charge on any atom is 0.127 e. The summed E-state index contributed by atoms with van der Waals surface area (Å²) in [5.41, 5.74) is 4.03. The standard InChI is InChI=1S/C17H18BrClFN/c1-10-7-12(8-11(2)17(10)18)16(21-3)9-13-14(19)5-4-6-15(13)20/h4-8,16,21H,9H2,1-3H3. The van der Waals surface area contributed by atoms with Gasteiger partial charge < -0.3 is 5.32 Å². The molecule has 0 fully saturated rings. The Morgan fingerprint density at radius 1 is 1.24 bits per heavy atom. The summed E-state index contributed by atoms with van der Waals surface area (Å²) >= 11 is 9.70. The largest absolute Gasteiger partial charge is 0.313 e. The highest BCUT2D eigenvalue weighted by Gasteiger charge is 2.16. The number of rotatable bonds is 4. The van der Waals surface area contributed by atoms with E-state index in [9.17, 15) is 4.39 Å². The minimum Gasteiger partial charge on any atom is -0.313 e. The molecule has 112 valence electrons. The van der Waals surface area contributed by atoms with Crippen LogP contribution in [-0.2, 0) is 6.42 Å². The van der Waals surface area contributed by atoms with Gasteiger partial charge in [0, 0.05) is 21.1 Å². The number of benzene rings is 2. The zero-order chi connectivity index (χ0) is 15.6. The molecule has 0 radical (unpaired) electrons. The summed E-state index contributed by atoms with van der Waals surface area (Å²) in [5, 5.41) is 3.73. The Morgan fingerprint density at radius 3 is 2.38 bits per heavy atom. The van der Waals surface area contributed by atoms with Gasteiger partial charge in [0.25, 0.3) is 0 Å². The van der Waals surface area contributed by atoms with E-state index in [1.165, 1.54) is 17.2 Å². The number of hydrogen-bond donors (Lipinski definition) is 1. The highest BCUT2D eigenvalue weighted by Crippen LogP contribution is 2.29. The summed E-state index contributed by atoms with van der Waals surface area (Å²) in [5.74, 6) is -0.256. The second-order valence-electron chi connectivity index (χ2n) is 5.21. The van der Waals surface area contributed by atoms with Gasteiger partial charge in [-0.2, -0.15) is 0 Å². The Kier molecular flexibility index (Phi) is 5.42. The van der Waals surface area contributed by atoms with Crippen LogP contribution in [0.5, 0.6) is 0 Å². The molecule has 0 aliphatic heterocycles. The molecule has 0 heterocycles. The van der Waals surface area contributed by atoms with Gasteiger partial charge in [-0.05, 0) is 56.1 Å². The van der Waals surface area contributed by atoms with Crippen molar-refractivity contribution in [3.8, 4) is 0 Å². The maximum absolute atomic E-state index is 14.0. The van der Waals surface area contributed by atoms with Crippen LogP contribution in [0, 0.1) is 19.7 Å². The zero-order valence-electron chi connectivity index (χ0n) is 12.3. The molecule has 1 nitrogen and oxygen atoms in total. The smallest absolute Gasteiger partial charge is 0.127 e. The molecule has 2 rings (SSSR count). The number of likely N-dealkylation sites (N-methyl/N-ethyl adjacent to an activating group) is 1. The first-order valence-corrected chi connectivity index (χ1v) is 7.98. The van der Waals surface area contributed by atoms with E-state index in [1.54, 1.807) is 12.1 Å². The van der Waals surface area contributed by atoms with Gasteiger partial charge in [-0.25, -0.2) is 4.39 Å². The van der Waals surface area contributed by atoms with Gasteiger partial charge >= 0.3 is 0 Å². The van der Waals surface area contributed by atoms with Crippen LogP contribution >= 0.6 is 27.5 Å². The van der Waals surface area contributed by atoms with E-state index in [1.807, 2.05) is 7.05 Å². The third-order valence-electron chi connectivity index (χ3n) is 3.68. The molecule has 4 heteroatoms. The van der Waals surface area contributed by atoms with Crippen molar-refractivity contribution in [3.05, 3.63) is 67.9 Å². The molecule has 0 saturated heterocycles. The van der Waals surface area contributed by atoms with Gasteiger partial charge in [0.2, 0.25) is 0 Å². The van der Waals surface area contributed by atoms with Crippen LogP contribution in [0.2, 0.25) is 5.02 Å². The lowest BCUT2D eigenvalue weighted by Gasteiger charge is -2.20. The first-order chi connectivity index (χ1) is 9.93. The molecule has 0 aliphatic rings. The van der Waals surface area contributed by atoms with E-state index in [0.29, 0.717) is 17.0 Å². The topological polar surface area (TPSA) is 12.0 Å². The predicted octanol–water partition coefficient (Wildman–Crippen LogP) is 5.36. The van der Waals surface area contributed by atoms with Crippen molar-refractivity contribution in [2.24, 2.45) is 0 Å². The SMILES string of the molecule is CNC(Cc1c(F)cccc1Cl)c1cc(C)c(Br)c(C)c1. The molecular weight excluding hydrogens is 353 g/mol. The Labute approximate surface area is 138 Å². The zero-order valence-corrected chi connectivity index (χ0v) is 14.6. The third kappa shape index (κ3) is 3.65. The average molecular weight is 371 g/mol. The molecule has 0 saturated carbocycles. The Hall–Kier alpha value is -0.900. The molecule has 0 aliphatic carbocycles. The fourth-order valence-electron chi connectivity index (χ4n) is 2.50. The van der Waals surface area contributed by atoms with Crippen molar-refractivity contribution in [1.82, 2.24) is 5.32 Å². The van der Waals surface area contributed by atoms with Crippen LogP contribution in [0.15, 0.2) is 34.8 Å². The van der Waals surface area contributed by atoms with Gasteiger partial charge in [0.15, 0.2) is 0 Å². The Morgan fingerprint density at radius 2 is 1.86 bits per heavy atom. The number of halogens is 3. The fraction of sp³-hybridized carbons (Fsp3) is 0.294. The maximum atomic E-state index is 14.0. The van der Waals surface area contributed by atoms with Crippen molar-refractivity contribution >= 4 is 27.5 Å². The van der Waals surface area contributed by atoms with Gasteiger partial charge in [0.05, 0.1) is 0 Å². The number of hydrogen-bond acceptors (Lipinski definition) is 1. The molecule has 1 unspecified atom stereocenters. The number of aryl methyl sites for hydroxylation is 2. The normalized spacial score (nSPS) is 12.5. The van der Waals surface area contributed by atoms with Crippen LogP contribution in [0.3, 0.4) is 0 Å². The lowest BCUT2D eigenvalue weighted by molar-refractivity contribution is 0.554. The van der Waals surface area contributed by atoms with Crippen molar-refractivity contribution in [2.75, 3.05) is 7.05 Å². The second kappa shape index (κ2) is 6.91. The summed E-state index contributed by atoms with van der Waals surface area (Å²) in [6.45, 7) is 4.12. The first kappa shape index (κ1) is 16.5. The molecule has 1 N–H and O–H groups in total. The van der Waals surface area contributed by atoms with Gasteiger partial charge in [-0.15, -0.1) is 0 Å². The summed E-state index contributed by atoms with van der Waals surface area (Å²) in [6, 6.07) is 9.06. The first-order valence-electron chi connectivity index (χ1n) is 6.80. The van der Waals surface area contributed by atoms with Crippen molar-refractivity contribution in [2.45, 2.75) is 26.3 Å². The van der Waals surface area contributed by atoms with E-state index in [2.05, 4.69) is 47.2 Å². The van der Waals surface area contributed by atoms with E-state index in [-0.39, 0.29) is 11.9 Å². The van der Waals surface area contributed by atoms with Gasteiger partial charge in [0.1, 0.15) is 5.82 Å². The van der Waals surface area contributed by atoms with Crippen molar-refractivity contribution in [3.63, 3.8) is 0 Å². The van der Waals surface area contributed by atoms with Crippen LogP contribution in [0.1, 0.15) is 28.3 Å². The minimum atomic E-state index is -0.256. The summed E-state index contributed by atoms with van der Waals surface area (Å²) in [4.78, 5) is 0. The highest BCUT2D eigenvalue weighted by molar-refractivity contribution is 9.10. The van der Waals surface area contributed by atoms with Crippen LogP contribution < -0.4 is 5.32 Å². The summed E-state index contributed by atoms with van der Waals surface area (Å²) in [6.07, 6.45) is 0.516. The summed E-state index contributed by atoms with van der Waals surface area (Å²) < 4.78 is 15.1. The van der Waals surface area contributed by atoms with E-state index < -0.39 is 0 Å². The molecule has 0 bridgehead atoms. The molecule has 2 aromatic rings. The van der Waals surface area contributed by atoms with Crippen molar-refractivity contribution < 1.29 is 4.39 Å². The molecule has 0 spiro atoms. The van der Waals surface area contributed by atoms with E-state index in [0.717, 1.165) is 10.0 Å². The minimum absolute atomic E-state index is 0.0184. The lowest BCUT2D eigenvalue weighted by atomic mass is 9.96. The Bertz CT molecular complexity index is 614. The van der Waals surface area contributed by atoms with Gasteiger partial charge in [-0.3, -0.25) is 0 Å². The average Bonchev–Trinajstić information content (AvgIpc) is 2.44. The molecule has 1 atom stereocenters. The second-order valence-corrected chi connectivity index (χ2v) is 6.41. The van der Waals surface area contributed by atoms with Gasteiger partial charge in [-0.1, -0.05) is 45.7 Å². The van der Waals surface area contributed by atoms with E-state index >= 15 is 0 Å². The van der Waals surface area contributed by atoms with Crippen molar-refractivity contribution in [1.29, 1.82) is 0 Å². The van der Waals surface area contributed by atoms with E-state index in [4.69, 9.17) is 11.6 Å². The predicted molar refractivity (Wildman–Crippen MR) is 90.5 cm³/mol. The molecule has 0 amide bonds. The molecule has 0 aromatic heterocycles. The van der Waals surface area contributed by atoms with Crippen LogP contribution in [-0.4, -0.2) is 7.05 Å².